The Kier molecular flexibility index (Phi) is 3.01. The Morgan fingerprint density at radius 3 is 2.60 bits per heavy atom. The molecule has 2 atom stereocenters. The second-order valence-electron chi connectivity index (χ2n) is 5.68. The molecule has 0 aromatic carbocycles. The zero-order valence-corrected chi connectivity index (χ0v) is 11.2. The second-order valence-corrected chi connectivity index (χ2v) is 5.68. The van der Waals surface area contributed by atoms with Crippen molar-refractivity contribution >= 4 is 11.8 Å². The number of amides is 2. The quantitative estimate of drug-likeness (QED) is 0.762. The summed E-state index contributed by atoms with van der Waals surface area (Å²) in [7, 11) is 0. The van der Waals surface area contributed by atoms with Crippen molar-refractivity contribution in [2.24, 2.45) is 17.8 Å². The summed E-state index contributed by atoms with van der Waals surface area (Å²) >= 11 is 0. The number of carbonyl (C=O) groups excluding carboxylic acids is 2. The van der Waals surface area contributed by atoms with Crippen molar-refractivity contribution in [1.29, 1.82) is 5.26 Å². The van der Waals surface area contributed by atoms with Gasteiger partial charge in [-0.05, 0) is 24.8 Å². The first kappa shape index (κ1) is 12.8. The van der Waals surface area contributed by atoms with E-state index in [4.69, 9.17) is 5.26 Å². The Morgan fingerprint density at radius 2 is 2.00 bits per heavy atom. The van der Waals surface area contributed by atoms with E-state index < -0.39 is 0 Å². The lowest BCUT2D eigenvalue weighted by Crippen LogP contribution is -2.32. The van der Waals surface area contributed by atoms with Crippen molar-refractivity contribution < 1.29 is 9.59 Å². The molecule has 0 radical (unpaired) electrons. The lowest BCUT2D eigenvalue weighted by molar-refractivity contribution is -0.141. The Hall–Kier alpha value is -2.22. The number of imide groups is 1. The fourth-order valence-corrected chi connectivity index (χ4v) is 3.34. The topological polar surface area (TPSA) is 74.1 Å². The number of aromatic nitrogens is 1. The molecule has 2 unspecified atom stereocenters. The highest BCUT2D eigenvalue weighted by Gasteiger charge is 2.51. The van der Waals surface area contributed by atoms with Crippen molar-refractivity contribution in [1.82, 2.24) is 9.88 Å². The van der Waals surface area contributed by atoms with Crippen LogP contribution in [0.2, 0.25) is 0 Å². The summed E-state index contributed by atoms with van der Waals surface area (Å²) < 4.78 is 0. The maximum absolute atomic E-state index is 12.3. The molecular weight excluding hydrogens is 254 g/mol. The van der Waals surface area contributed by atoms with Gasteiger partial charge < -0.3 is 0 Å². The number of hydrogen-bond acceptors (Lipinski definition) is 4. The number of hydrogen-bond donors (Lipinski definition) is 0. The molecule has 2 amide bonds. The van der Waals surface area contributed by atoms with Gasteiger partial charge in [-0.1, -0.05) is 13.0 Å². The highest BCUT2D eigenvalue weighted by Crippen LogP contribution is 2.43. The Labute approximate surface area is 117 Å². The third kappa shape index (κ3) is 1.88. The first-order chi connectivity index (χ1) is 9.61. The van der Waals surface area contributed by atoms with Crippen LogP contribution in [0, 0.1) is 29.1 Å². The molecule has 1 aliphatic heterocycles. The molecule has 20 heavy (non-hydrogen) atoms. The predicted molar refractivity (Wildman–Crippen MR) is 69.9 cm³/mol. The second kappa shape index (κ2) is 4.71. The number of nitriles is 1. The molecule has 1 saturated carbocycles. The summed E-state index contributed by atoms with van der Waals surface area (Å²) in [6.07, 6.45) is 3.12. The standard InChI is InChI=1S/C15H15N3O2/c1-9-5-11-12(6-9)15(20)18(14(11)19)8-10-3-2-4-17-13(10)7-16/h2-4,9,11-12H,5-6,8H2,1H3. The van der Waals surface area contributed by atoms with Gasteiger partial charge in [0, 0.05) is 11.8 Å². The molecule has 0 N–H and O–H groups in total. The lowest BCUT2D eigenvalue weighted by atomic mass is 10.00. The zero-order valence-electron chi connectivity index (χ0n) is 11.2. The molecule has 3 rings (SSSR count). The van der Waals surface area contributed by atoms with E-state index in [1.807, 2.05) is 6.07 Å². The molecular formula is C15H15N3O2. The van der Waals surface area contributed by atoms with Crippen molar-refractivity contribution in [3.63, 3.8) is 0 Å². The van der Waals surface area contributed by atoms with Crippen molar-refractivity contribution in [2.45, 2.75) is 26.3 Å². The van der Waals surface area contributed by atoms with Crippen molar-refractivity contribution in [3.05, 3.63) is 29.6 Å². The van der Waals surface area contributed by atoms with E-state index in [2.05, 4.69) is 11.9 Å². The van der Waals surface area contributed by atoms with Crippen LogP contribution in [-0.2, 0) is 16.1 Å². The van der Waals surface area contributed by atoms with Gasteiger partial charge in [0.25, 0.3) is 0 Å². The number of pyridine rings is 1. The highest BCUT2D eigenvalue weighted by atomic mass is 16.2. The molecule has 1 aromatic heterocycles. The average Bonchev–Trinajstić information content (AvgIpc) is 2.93. The summed E-state index contributed by atoms with van der Waals surface area (Å²) in [4.78, 5) is 30.0. The summed E-state index contributed by atoms with van der Waals surface area (Å²) in [5.41, 5.74) is 0.906. The maximum Gasteiger partial charge on any atom is 0.233 e. The normalized spacial score (nSPS) is 28.6. The van der Waals surface area contributed by atoms with E-state index in [1.165, 1.54) is 11.1 Å². The summed E-state index contributed by atoms with van der Waals surface area (Å²) in [6, 6.07) is 5.45. The van der Waals surface area contributed by atoms with Crippen LogP contribution in [-0.4, -0.2) is 21.7 Å². The highest BCUT2D eigenvalue weighted by molar-refractivity contribution is 6.05. The first-order valence-electron chi connectivity index (χ1n) is 6.81. The van der Waals surface area contributed by atoms with Crippen LogP contribution in [0.3, 0.4) is 0 Å². The van der Waals surface area contributed by atoms with E-state index in [0.717, 1.165) is 12.8 Å². The van der Waals surface area contributed by atoms with Gasteiger partial charge in [0.2, 0.25) is 11.8 Å². The summed E-state index contributed by atoms with van der Waals surface area (Å²) in [5.74, 6) is -0.0401. The van der Waals surface area contributed by atoms with Crippen molar-refractivity contribution in [2.75, 3.05) is 0 Å². The van der Waals surface area contributed by atoms with Gasteiger partial charge in [-0.2, -0.15) is 5.26 Å². The third-order valence-corrected chi connectivity index (χ3v) is 4.29. The fourth-order valence-electron chi connectivity index (χ4n) is 3.34. The van der Waals surface area contributed by atoms with Gasteiger partial charge in [-0.25, -0.2) is 4.98 Å². The van der Waals surface area contributed by atoms with Crippen LogP contribution in [0.5, 0.6) is 0 Å². The smallest absolute Gasteiger partial charge is 0.233 e. The largest absolute Gasteiger partial charge is 0.278 e. The Bertz CT molecular complexity index is 596. The van der Waals surface area contributed by atoms with Gasteiger partial charge >= 0.3 is 0 Å². The summed E-state index contributed by atoms with van der Waals surface area (Å²) in [5, 5.41) is 9.02. The van der Waals surface area contributed by atoms with Gasteiger partial charge in [-0.3, -0.25) is 14.5 Å². The number of nitrogens with zero attached hydrogens (tertiary/aromatic N) is 3. The molecule has 1 aromatic rings. The number of likely N-dealkylation sites (tertiary alicyclic amines) is 1. The Morgan fingerprint density at radius 1 is 1.35 bits per heavy atom. The average molecular weight is 269 g/mol. The van der Waals surface area contributed by atoms with Gasteiger partial charge in [-0.15, -0.1) is 0 Å². The third-order valence-electron chi connectivity index (χ3n) is 4.29. The molecule has 2 heterocycles. The van der Waals surface area contributed by atoms with Crippen molar-refractivity contribution in [3.8, 4) is 6.07 Å². The van der Waals surface area contributed by atoms with Crippen LogP contribution in [0.4, 0.5) is 0 Å². The molecule has 2 aliphatic rings. The molecule has 1 aliphatic carbocycles. The van der Waals surface area contributed by atoms with Gasteiger partial charge in [0.15, 0.2) is 0 Å². The zero-order chi connectivity index (χ0) is 14.3. The molecule has 0 bridgehead atoms. The van der Waals surface area contributed by atoms with E-state index >= 15 is 0 Å². The number of carbonyl (C=O) groups is 2. The first-order valence-corrected chi connectivity index (χ1v) is 6.81. The van der Waals surface area contributed by atoms with E-state index in [1.54, 1.807) is 12.1 Å². The SMILES string of the molecule is CC1CC2C(=O)N(Cc3cccnc3C#N)C(=O)C2C1. The monoisotopic (exact) mass is 269 g/mol. The van der Waals surface area contributed by atoms with Crippen LogP contribution < -0.4 is 0 Å². The van der Waals surface area contributed by atoms with Crippen LogP contribution in [0.25, 0.3) is 0 Å². The van der Waals surface area contributed by atoms with Gasteiger partial charge in [0.05, 0.1) is 18.4 Å². The lowest BCUT2D eigenvalue weighted by Gasteiger charge is -2.17. The molecule has 0 spiro atoms. The van der Waals surface area contributed by atoms with Gasteiger partial charge in [0.1, 0.15) is 11.8 Å². The van der Waals surface area contributed by atoms with Crippen LogP contribution in [0.15, 0.2) is 18.3 Å². The minimum absolute atomic E-state index is 0.0860. The molecule has 102 valence electrons. The minimum atomic E-state index is -0.153. The summed E-state index contributed by atoms with van der Waals surface area (Å²) in [6.45, 7) is 2.24. The van der Waals surface area contributed by atoms with E-state index in [9.17, 15) is 9.59 Å². The maximum atomic E-state index is 12.3. The van der Waals surface area contributed by atoms with E-state index in [0.29, 0.717) is 11.5 Å². The predicted octanol–water partition coefficient (Wildman–Crippen LogP) is 1.48. The van der Waals surface area contributed by atoms with Crippen LogP contribution in [0.1, 0.15) is 31.0 Å². The molecule has 5 nitrogen and oxygen atoms in total. The van der Waals surface area contributed by atoms with E-state index in [-0.39, 0.29) is 35.9 Å². The molecule has 2 fully saturated rings. The number of rotatable bonds is 2. The fraction of sp³-hybridized carbons (Fsp3) is 0.467. The molecule has 5 heteroatoms. The number of fused-ring (bicyclic) bond motifs is 1. The molecule has 1 saturated heterocycles. The Balaban J connectivity index is 1.84. The minimum Gasteiger partial charge on any atom is -0.278 e. The van der Waals surface area contributed by atoms with Crippen LogP contribution >= 0.6 is 0 Å².